The van der Waals surface area contributed by atoms with Crippen LogP contribution in [0.25, 0.3) is 0 Å². The van der Waals surface area contributed by atoms with Gasteiger partial charge in [-0.05, 0) is 30.5 Å². The molecule has 0 aliphatic carbocycles. The molecule has 0 amide bonds. The summed E-state index contributed by atoms with van der Waals surface area (Å²) in [6.45, 7) is 0.649. The second-order valence-electron chi connectivity index (χ2n) is 4.11. The van der Waals surface area contributed by atoms with Crippen LogP contribution in [-0.2, 0) is 9.53 Å². The summed E-state index contributed by atoms with van der Waals surface area (Å²) < 4.78 is 6.33. The van der Waals surface area contributed by atoms with Crippen LogP contribution >= 0.6 is 23.7 Å². The fourth-order valence-electron chi connectivity index (χ4n) is 1.77. The molecule has 2 rings (SSSR count). The van der Waals surface area contributed by atoms with Gasteiger partial charge in [-0.1, -0.05) is 18.2 Å². The number of nitrogens with zero attached hydrogens (tertiary/aromatic N) is 2. The van der Waals surface area contributed by atoms with E-state index in [1.807, 2.05) is 30.3 Å². The van der Waals surface area contributed by atoms with E-state index >= 15 is 0 Å². The Balaban J connectivity index is 2.33. The van der Waals surface area contributed by atoms with E-state index in [1.165, 1.54) is 23.7 Å². The Morgan fingerprint density at radius 3 is 2.76 bits per heavy atom. The van der Waals surface area contributed by atoms with Gasteiger partial charge in [-0.2, -0.15) is 0 Å². The highest BCUT2D eigenvalue weighted by atomic mass is 32.2. The van der Waals surface area contributed by atoms with Crippen LogP contribution in [0.15, 0.2) is 46.0 Å². The highest BCUT2D eigenvalue weighted by Gasteiger charge is 2.34. The fraction of sp³-hybridized carbons (Fsp3) is 0.308. The van der Waals surface area contributed by atoms with Gasteiger partial charge in [0.2, 0.25) is 0 Å². The third-order valence-corrected chi connectivity index (χ3v) is 5.06. The maximum absolute atomic E-state index is 11.7. The average Bonchev–Trinajstić information content (AvgIpc) is 2.49. The number of methoxy groups -OCH3 is 1. The van der Waals surface area contributed by atoms with Crippen molar-refractivity contribution < 1.29 is 14.5 Å². The molecule has 8 heteroatoms. The van der Waals surface area contributed by atoms with Crippen molar-refractivity contribution in [1.29, 1.82) is 0 Å². The van der Waals surface area contributed by atoms with Gasteiger partial charge in [-0.3, -0.25) is 10.1 Å². The minimum atomic E-state index is -0.914. The summed E-state index contributed by atoms with van der Waals surface area (Å²) in [6.07, 6.45) is 0.903. The van der Waals surface area contributed by atoms with Crippen molar-refractivity contribution in [2.75, 3.05) is 19.4 Å². The van der Waals surface area contributed by atoms with Crippen molar-refractivity contribution >= 4 is 29.7 Å². The first-order valence-electron chi connectivity index (χ1n) is 6.24. The van der Waals surface area contributed by atoms with Crippen molar-refractivity contribution in [3.8, 4) is 0 Å². The average molecular weight is 326 g/mol. The molecule has 0 atom stereocenters. The van der Waals surface area contributed by atoms with E-state index in [2.05, 4.69) is 4.74 Å². The third kappa shape index (κ3) is 3.92. The number of carbonyl (C=O) groups is 1. The van der Waals surface area contributed by atoms with Gasteiger partial charge in [0.1, 0.15) is 0 Å². The van der Waals surface area contributed by atoms with E-state index in [0.717, 1.165) is 24.2 Å². The number of carbonyl (C=O) groups excluding carboxylic acids is 1. The molecule has 6 nitrogen and oxygen atoms in total. The second-order valence-corrected chi connectivity index (χ2v) is 6.29. The van der Waals surface area contributed by atoms with Gasteiger partial charge in [-0.25, -0.2) is 4.79 Å². The zero-order valence-corrected chi connectivity index (χ0v) is 13.0. The highest BCUT2D eigenvalue weighted by molar-refractivity contribution is 8.05. The van der Waals surface area contributed by atoms with E-state index in [4.69, 9.17) is 0 Å². The smallest absolute Gasteiger partial charge is 0.412 e. The summed E-state index contributed by atoms with van der Waals surface area (Å²) in [5.74, 6) is -0.168. The van der Waals surface area contributed by atoms with Gasteiger partial charge in [0.05, 0.1) is 12.0 Å². The zero-order valence-electron chi connectivity index (χ0n) is 11.4. The van der Waals surface area contributed by atoms with Gasteiger partial charge in [0, 0.05) is 17.2 Å². The van der Waals surface area contributed by atoms with Crippen molar-refractivity contribution in [3.05, 3.63) is 51.2 Å². The first-order valence-corrected chi connectivity index (χ1v) is 7.99. The van der Waals surface area contributed by atoms with Crippen molar-refractivity contribution in [1.82, 2.24) is 4.31 Å². The van der Waals surface area contributed by atoms with Crippen LogP contribution in [0, 0.1) is 10.1 Å². The van der Waals surface area contributed by atoms with E-state index in [-0.39, 0.29) is 0 Å². The van der Waals surface area contributed by atoms with Crippen LogP contribution in [0.2, 0.25) is 0 Å². The second kappa shape index (κ2) is 7.37. The topological polar surface area (TPSA) is 72.7 Å². The van der Waals surface area contributed by atoms with Crippen molar-refractivity contribution in [2.45, 2.75) is 11.3 Å². The number of esters is 1. The lowest BCUT2D eigenvalue weighted by atomic mass is 10.4. The van der Waals surface area contributed by atoms with Crippen LogP contribution in [0.5, 0.6) is 0 Å². The molecule has 1 aliphatic rings. The van der Waals surface area contributed by atoms with Crippen LogP contribution < -0.4 is 0 Å². The number of benzene rings is 1. The Kier molecular flexibility index (Phi) is 5.51. The number of hydrogen-bond donors (Lipinski definition) is 0. The van der Waals surface area contributed by atoms with Crippen molar-refractivity contribution in [2.24, 2.45) is 0 Å². The Morgan fingerprint density at radius 1 is 1.43 bits per heavy atom. The van der Waals surface area contributed by atoms with Gasteiger partial charge < -0.3 is 9.04 Å². The standard InChI is InChI=1S/C13H14N2O4S2/c1-19-13(16)11(15(17)18)12-14(8-5-9-20-12)21-10-6-3-2-4-7-10/h2-4,6-7H,5,8-9H2,1H3. The number of hydrogen-bond acceptors (Lipinski definition) is 7. The SMILES string of the molecule is COC(=O)C(=C1SCCCN1Sc1ccccc1)[N+](=O)[O-]. The summed E-state index contributed by atoms with van der Waals surface area (Å²) in [4.78, 5) is 23.2. The third-order valence-electron chi connectivity index (χ3n) is 2.69. The molecule has 21 heavy (non-hydrogen) atoms. The monoisotopic (exact) mass is 326 g/mol. The van der Waals surface area contributed by atoms with E-state index in [9.17, 15) is 14.9 Å². The van der Waals surface area contributed by atoms with E-state index in [1.54, 1.807) is 4.31 Å². The molecule has 1 aromatic carbocycles. The first-order chi connectivity index (χ1) is 10.1. The van der Waals surface area contributed by atoms with Gasteiger partial charge in [0.15, 0.2) is 5.03 Å². The zero-order chi connectivity index (χ0) is 15.2. The maximum Gasteiger partial charge on any atom is 0.412 e. The predicted molar refractivity (Wildman–Crippen MR) is 82.1 cm³/mol. The summed E-state index contributed by atoms with van der Waals surface area (Å²) in [5.41, 5.74) is -0.495. The van der Waals surface area contributed by atoms with Gasteiger partial charge in [0.25, 0.3) is 0 Å². The lowest BCUT2D eigenvalue weighted by Gasteiger charge is -2.28. The number of rotatable bonds is 4. The molecule has 0 spiro atoms. The molecule has 1 saturated heterocycles. The van der Waals surface area contributed by atoms with E-state index in [0.29, 0.717) is 11.6 Å². The quantitative estimate of drug-likeness (QED) is 0.277. The number of ether oxygens (including phenoxy) is 1. The normalized spacial score (nSPS) is 17.3. The Labute approximate surface area is 130 Å². The molecule has 112 valence electrons. The Morgan fingerprint density at radius 2 is 2.14 bits per heavy atom. The number of thioether (sulfide) groups is 1. The molecule has 0 saturated carbocycles. The summed E-state index contributed by atoms with van der Waals surface area (Å²) in [7, 11) is 1.15. The lowest BCUT2D eigenvalue weighted by Crippen LogP contribution is -2.26. The largest absolute Gasteiger partial charge is 0.461 e. The molecular weight excluding hydrogens is 312 g/mol. The van der Waals surface area contributed by atoms with Crippen LogP contribution in [-0.4, -0.2) is 34.6 Å². The summed E-state index contributed by atoms with van der Waals surface area (Å²) in [6, 6.07) is 9.55. The van der Waals surface area contributed by atoms with Crippen LogP contribution in [0.3, 0.4) is 0 Å². The molecule has 0 unspecified atom stereocenters. The fourth-order valence-corrected chi connectivity index (χ4v) is 3.96. The van der Waals surface area contributed by atoms with Crippen molar-refractivity contribution in [3.63, 3.8) is 0 Å². The molecule has 0 aromatic heterocycles. The molecule has 0 bridgehead atoms. The number of nitro groups is 1. The molecule has 1 aliphatic heterocycles. The summed E-state index contributed by atoms with van der Waals surface area (Å²) >= 11 is 2.70. The first kappa shape index (κ1) is 15.7. The van der Waals surface area contributed by atoms with Gasteiger partial charge >= 0.3 is 11.7 Å². The minimum Gasteiger partial charge on any atom is -0.461 e. The molecule has 1 fully saturated rings. The molecule has 1 aromatic rings. The molecular formula is C13H14N2O4S2. The Bertz CT molecular complexity index is 563. The van der Waals surface area contributed by atoms with E-state index < -0.39 is 16.6 Å². The Hall–Kier alpha value is -1.67. The summed E-state index contributed by atoms with van der Waals surface area (Å²) in [5, 5.41) is 11.5. The molecule has 0 radical (unpaired) electrons. The molecule has 0 N–H and O–H groups in total. The van der Waals surface area contributed by atoms with Crippen LogP contribution in [0.4, 0.5) is 0 Å². The van der Waals surface area contributed by atoms with Gasteiger partial charge in [-0.15, -0.1) is 11.8 Å². The molecule has 1 heterocycles. The maximum atomic E-state index is 11.7. The predicted octanol–water partition coefficient (Wildman–Crippen LogP) is 2.75. The van der Waals surface area contributed by atoms with Crippen LogP contribution in [0.1, 0.15) is 6.42 Å². The highest BCUT2D eigenvalue weighted by Crippen LogP contribution is 2.38. The lowest BCUT2D eigenvalue weighted by molar-refractivity contribution is -0.422. The minimum absolute atomic E-state index is 0.354.